The largest absolute Gasteiger partial charge is 2.00 e. The maximum atomic E-state index is 11.3. The van der Waals surface area contributed by atoms with Crippen LogP contribution in [0.3, 0.4) is 0 Å². The molecule has 8 nitrogen and oxygen atoms in total. The van der Waals surface area contributed by atoms with Gasteiger partial charge in [0.15, 0.2) is 0 Å². The Kier molecular flexibility index (Phi) is 152. The molecule has 0 atom stereocenters. The van der Waals surface area contributed by atoms with Crippen LogP contribution in [0.2, 0.25) is 0 Å². The fraction of sp³-hybridized carbons (Fsp3) is 0.882. The van der Waals surface area contributed by atoms with Gasteiger partial charge in [-0.2, -0.15) is 13.5 Å². The van der Waals surface area contributed by atoms with E-state index in [1.165, 1.54) is 411 Å². The van der Waals surface area contributed by atoms with Crippen LogP contribution in [0.15, 0.2) is 48.6 Å². The van der Waals surface area contributed by atoms with Crippen molar-refractivity contribution in [1.82, 2.24) is 0 Å². The molecule has 0 heterocycles. The van der Waals surface area contributed by atoms with E-state index in [1.54, 1.807) is 0 Å². The summed E-state index contributed by atoms with van der Waals surface area (Å²) in [6, 6.07) is 0. The fourth-order valence-electron chi connectivity index (χ4n) is 13.8. The van der Waals surface area contributed by atoms with Crippen LogP contribution in [0, 0.1) is 0 Å². The number of rotatable bonds is 88. The van der Waals surface area contributed by atoms with Gasteiger partial charge in [0.2, 0.25) is 0 Å². The van der Waals surface area contributed by atoms with E-state index in [-0.39, 0.29) is 100 Å². The normalized spacial score (nSPS) is 10.9. The van der Waals surface area contributed by atoms with Crippen LogP contribution in [0.25, 0.3) is 0 Å². The van der Waals surface area contributed by atoms with Gasteiger partial charge in [0.25, 0.3) is 0 Å². The molecule has 0 spiro atoms. The second-order valence-electron chi connectivity index (χ2n) is 32.1. The van der Waals surface area contributed by atoms with Gasteiger partial charge in [-0.25, -0.2) is 0 Å². The van der Waals surface area contributed by atoms with E-state index in [9.17, 15) is 19.2 Å². The molecular formula is C102H198O8S5Sn2. The summed E-state index contributed by atoms with van der Waals surface area (Å²) in [6.45, 7) is 10.7. The monoisotopic (exact) mass is 1950 g/mol. The van der Waals surface area contributed by atoms with Crippen LogP contribution >= 0.6 is 13.5 Å². The number of ether oxygens (including phenoxy) is 4. The van der Waals surface area contributed by atoms with E-state index in [2.05, 4.69) is 76.3 Å². The zero-order valence-electron chi connectivity index (χ0n) is 76.4. The molecule has 0 N–H and O–H groups in total. The van der Waals surface area contributed by atoms with Crippen molar-refractivity contribution in [2.75, 3.05) is 49.4 Å². The Morgan fingerprint density at radius 3 is 0.402 bits per heavy atom. The van der Waals surface area contributed by atoms with Crippen LogP contribution < -0.4 is 0 Å². The maximum Gasteiger partial charge on any atom is 2.00 e. The summed E-state index contributed by atoms with van der Waals surface area (Å²) in [5.74, 6) is 1.68. The first-order valence-corrected chi connectivity index (χ1v) is 51.1. The van der Waals surface area contributed by atoms with Gasteiger partial charge >= 0.3 is 71.7 Å². The first-order chi connectivity index (χ1) is 55.2. The fourth-order valence-corrected chi connectivity index (χ4v) is 14.1. The molecule has 4 radical (unpaired) electrons. The standard InChI is InChI=1S/4C25H48O2S.2CH4.H2S.2Sn/c4*1-2-3-4-5-6-7-8-9-10-11-12-13-14-15-16-17-18-19-20-21-22-25(26)27-23-24-28;;;;;/h4*8-9,28H,2-7,10-24H2,1H3;2*1H4;1H2;;/q;;;;;;;2*+2/p-4/b4*9-8+;;;;;. The molecule has 0 rings (SSSR count). The maximum absolute atomic E-state index is 11.3. The number of allylic oxidation sites excluding steroid dienone is 8. The zero-order valence-corrected chi connectivity index (χ0v) is 86.4. The molecule has 0 unspecified atom stereocenters. The average Bonchev–Trinajstić information content (AvgIpc) is 1.08. The Morgan fingerprint density at radius 1 is 0.188 bits per heavy atom. The Bertz CT molecular complexity index is 1650. The Morgan fingerprint density at radius 2 is 0.291 bits per heavy atom. The minimum atomic E-state index is -0.0808. The van der Waals surface area contributed by atoms with Crippen LogP contribution in [-0.2, 0) is 88.6 Å². The predicted molar refractivity (Wildman–Crippen MR) is 538 cm³/mol. The minimum Gasteiger partial charge on any atom is -0.789 e. The van der Waals surface area contributed by atoms with Crippen molar-refractivity contribution in [2.24, 2.45) is 0 Å². The third kappa shape index (κ3) is 140. The van der Waals surface area contributed by atoms with E-state index in [0.29, 0.717) is 75.1 Å². The summed E-state index contributed by atoms with van der Waals surface area (Å²) in [5, 5.41) is 0. The van der Waals surface area contributed by atoms with Crippen molar-refractivity contribution in [1.29, 1.82) is 0 Å². The van der Waals surface area contributed by atoms with Crippen LogP contribution in [0.5, 0.6) is 0 Å². The molecule has 0 aliphatic carbocycles. The molecule has 0 saturated carbocycles. The van der Waals surface area contributed by atoms with Crippen molar-refractivity contribution in [2.45, 2.75) is 531 Å². The molecule has 15 heteroatoms. The molecule has 0 fully saturated rings. The second-order valence-corrected chi connectivity index (χ2v) is 33.7. The summed E-state index contributed by atoms with van der Waals surface area (Å²) in [7, 11) is 0. The third-order valence-electron chi connectivity index (χ3n) is 21.0. The zero-order chi connectivity index (χ0) is 82.2. The number of carbonyl (C=O) groups excluding carboxylic acids is 4. The quantitative estimate of drug-likeness (QED) is 0.0145. The van der Waals surface area contributed by atoms with Crippen LogP contribution in [0.1, 0.15) is 531 Å². The number of hydrogen-bond donors (Lipinski definition) is 0. The van der Waals surface area contributed by atoms with Crippen molar-refractivity contribution < 1.29 is 38.1 Å². The molecule has 0 bridgehead atoms. The van der Waals surface area contributed by atoms with Gasteiger partial charge in [0, 0.05) is 25.7 Å². The first kappa shape index (κ1) is 135. The third-order valence-corrected chi connectivity index (χ3v) is 21.6. The summed E-state index contributed by atoms with van der Waals surface area (Å²) in [4.78, 5) is 45.3. The molecule has 0 saturated heterocycles. The van der Waals surface area contributed by atoms with Gasteiger partial charge in [-0.15, -0.1) is 23.0 Å². The van der Waals surface area contributed by atoms with Crippen molar-refractivity contribution in [3.63, 3.8) is 0 Å². The average molecular weight is 1950 g/mol. The van der Waals surface area contributed by atoms with E-state index in [0.717, 1.165) is 51.4 Å². The summed E-state index contributed by atoms with van der Waals surface area (Å²) in [6.07, 6.45) is 117. The number of carbonyl (C=O) groups is 4. The molecule has 0 aliphatic heterocycles. The number of unbranched alkanes of at least 4 members (excludes halogenated alkanes) is 64. The van der Waals surface area contributed by atoms with E-state index >= 15 is 0 Å². The summed E-state index contributed by atoms with van der Waals surface area (Å²) < 4.78 is 19.9. The molecular weight excluding hydrogens is 1750 g/mol. The smallest absolute Gasteiger partial charge is 0.789 e. The minimum absolute atomic E-state index is 0. The van der Waals surface area contributed by atoms with Gasteiger partial charge < -0.3 is 69.5 Å². The van der Waals surface area contributed by atoms with Crippen molar-refractivity contribution in [3.8, 4) is 0 Å². The van der Waals surface area contributed by atoms with E-state index < -0.39 is 0 Å². The Hall–Kier alpha value is 0.187. The van der Waals surface area contributed by atoms with E-state index in [1.807, 2.05) is 0 Å². The van der Waals surface area contributed by atoms with Crippen LogP contribution in [-0.4, -0.2) is 121 Å². The van der Waals surface area contributed by atoms with Gasteiger partial charge in [-0.05, 0) is 128 Å². The Labute approximate surface area is 795 Å². The summed E-state index contributed by atoms with van der Waals surface area (Å²) in [5.41, 5.74) is 0. The number of hydrogen-bond acceptors (Lipinski definition) is 12. The van der Waals surface area contributed by atoms with Gasteiger partial charge in [0.05, 0.1) is 26.4 Å². The predicted octanol–water partition coefficient (Wildman–Crippen LogP) is 32.9. The molecule has 0 aliphatic rings. The molecule has 692 valence electrons. The SMILES string of the molecule is C.C.CCCCCCC/C=C/CCCCCCCCCCCCCC(=O)OCC[S-].CCCCCCC/C=C/CCCCCCCCCCCCCC(=O)OCC[S-].CCCCCCC/C=C/CCCCCCCCCCCCCC(=O)OCC[S-].CCCCCCC/C=C/CCCCCCCCCCCCCC(=O)OCC[S-].S.[Sn+2].[Sn+2]. The van der Waals surface area contributed by atoms with Gasteiger partial charge in [0.1, 0.15) is 0 Å². The van der Waals surface area contributed by atoms with E-state index in [4.69, 9.17) is 69.5 Å². The number of esters is 4. The van der Waals surface area contributed by atoms with Gasteiger partial charge in [-0.1, -0.05) is 425 Å². The summed E-state index contributed by atoms with van der Waals surface area (Å²) >= 11 is 19.0. The van der Waals surface area contributed by atoms with Gasteiger partial charge in [-0.3, -0.25) is 19.2 Å². The molecule has 117 heavy (non-hydrogen) atoms. The molecule has 0 amide bonds. The van der Waals surface area contributed by atoms with Crippen molar-refractivity contribution >= 4 is 136 Å². The first-order valence-electron chi connectivity index (χ1n) is 48.8. The second kappa shape index (κ2) is 132. The molecule has 0 aromatic rings. The Balaban J connectivity index is -0.000000187. The van der Waals surface area contributed by atoms with Crippen molar-refractivity contribution in [3.05, 3.63) is 48.6 Å². The van der Waals surface area contributed by atoms with Crippen LogP contribution in [0.4, 0.5) is 0 Å². The molecule has 0 aromatic carbocycles. The molecule has 0 aromatic heterocycles. The topological polar surface area (TPSA) is 105 Å².